The Kier molecular flexibility index (Phi) is 8.38. The highest BCUT2D eigenvalue weighted by Crippen LogP contribution is 2.22. The van der Waals surface area contributed by atoms with E-state index >= 15 is 0 Å². The highest BCUT2D eigenvalue weighted by molar-refractivity contribution is 7.15. The van der Waals surface area contributed by atoms with Crippen LogP contribution in [0.5, 0.6) is 0 Å². The summed E-state index contributed by atoms with van der Waals surface area (Å²) in [7, 11) is 0. The smallest absolute Gasteiger partial charge is 0.308 e. The molecule has 0 aliphatic carbocycles. The van der Waals surface area contributed by atoms with Crippen LogP contribution in [-0.4, -0.2) is 30.4 Å². The first-order valence-electron chi connectivity index (χ1n) is 10.9. The third-order valence-corrected chi connectivity index (χ3v) is 6.38. The Bertz CT molecular complexity index is 1090. The van der Waals surface area contributed by atoms with Crippen molar-refractivity contribution in [3.8, 4) is 11.1 Å². The van der Waals surface area contributed by atoms with Crippen LogP contribution in [0.25, 0.3) is 11.1 Å². The second kappa shape index (κ2) is 11.4. The molecule has 0 fully saturated rings. The van der Waals surface area contributed by atoms with Crippen molar-refractivity contribution in [2.45, 2.75) is 32.7 Å². The van der Waals surface area contributed by atoms with Crippen molar-refractivity contribution in [1.82, 2.24) is 5.32 Å². The molecule has 1 aromatic heterocycles. The molecule has 0 bridgehead atoms. The molecule has 0 saturated carbocycles. The van der Waals surface area contributed by atoms with Gasteiger partial charge < -0.3 is 15.8 Å². The van der Waals surface area contributed by atoms with E-state index in [1.807, 2.05) is 30.3 Å². The first kappa shape index (κ1) is 24.2. The third-order valence-electron chi connectivity index (χ3n) is 5.28. The Morgan fingerprint density at radius 3 is 2.18 bits per heavy atom. The Morgan fingerprint density at radius 1 is 0.939 bits per heavy atom. The Morgan fingerprint density at radius 2 is 1.58 bits per heavy atom. The molecular weight excluding hydrogens is 436 g/mol. The zero-order valence-electron chi connectivity index (χ0n) is 18.7. The van der Waals surface area contributed by atoms with Crippen LogP contribution < -0.4 is 11.1 Å². The number of ether oxygens (including phenoxy) is 1. The zero-order valence-corrected chi connectivity index (χ0v) is 19.6. The van der Waals surface area contributed by atoms with Crippen LogP contribution in [0.3, 0.4) is 0 Å². The second-order valence-corrected chi connectivity index (χ2v) is 8.94. The molecule has 2 aromatic carbocycles. The number of carbonyl (C=O) groups excluding carboxylic acids is 3. The van der Waals surface area contributed by atoms with Crippen LogP contribution >= 0.6 is 11.3 Å². The molecule has 0 radical (unpaired) electrons. The number of benzene rings is 2. The van der Waals surface area contributed by atoms with Gasteiger partial charge in [-0.2, -0.15) is 0 Å². The average Bonchev–Trinajstić information content (AvgIpc) is 3.31. The van der Waals surface area contributed by atoms with E-state index < -0.39 is 5.91 Å². The van der Waals surface area contributed by atoms with E-state index in [-0.39, 0.29) is 23.8 Å². The van der Waals surface area contributed by atoms with E-state index in [1.165, 1.54) is 0 Å². The Balaban J connectivity index is 1.75. The highest BCUT2D eigenvalue weighted by atomic mass is 32.1. The minimum Gasteiger partial charge on any atom is -0.466 e. The normalized spacial score (nSPS) is 12.5. The van der Waals surface area contributed by atoms with Gasteiger partial charge in [-0.1, -0.05) is 61.5 Å². The van der Waals surface area contributed by atoms with Gasteiger partial charge in [0.2, 0.25) is 0 Å². The quantitative estimate of drug-likeness (QED) is 0.433. The van der Waals surface area contributed by atoms with Gasteiger partial charge >= 0.3 is 5.97 Å². The average molecular weight is 465 g/mol. The molecule has 3 aromatic rings. The molecule has 0 unspecified atom stereocenters. The number of esters is 1. The fraction of sp³-hybridized carbons (Fsp3) is 0.269. The lowest BCUT2D eigenvalue weighted by molar-refractivity contribution is -0.147. The van der Waals surface area contributed by atoms with Crippen LogP contribution in [0.4, 0.5) is 0 Å². The fourth-order valence-electron chi connectivity index (χ4n) is 3.60. The molecule has 2 atom stereocenters. The van der Waals surface area contributed by atoms with Crippen LogP contribution in [0, 0.1) is 5.92 Å². The number of primary amides is 1. The molecule has 7 heteroatoms. The van der Waals surface area contributed by atoms with E-state index in [9.17, 15) is 14.4 Å². The van der Waals surface area contributed by atoms with Crippen LogP contribution in [0.15, 0.2) is 66.7 Å². The number of carbonyl (C=O) groups is 3. The summed E-state index contributed by atoms with van der Waals surface area (Å²) in [5, 5.41) is 3.02. The summed E-state index contributed by atoms with van der Waals surface area (Å²) in [5.41, 5.74) is 8.58. The fourth-order valence-corrected chi connectivity index (χ4v) is 4.36. The maximum atomic E-state index is 12.8. The van der Waals surface area contributed by atoms with Gasteiger partial charge in [0, 0.05) is 6.04 Å². The molecule has 0 spiro atoms. The van der Waals surface area contributed by atoms with Crippen molar-refractivity contribution < 1.29 is 19.1 Å². The van der Waals surface area contributed by atoms with E-state index in [0.717, 1.165) is 28.0 Å². The summed E-state index contributed by atoms with van der Waals surface area (Å²) in [6.07, 6.45) is 0.984. The van der Waals surface area contributed by atoms with Gasteiger partial charge in [-0.3, -0.25) is 14.4 Å². The summed E-state index contributed by atoms with van der Waals surface area (Å²) in [4.78, 5) is 37.1. The SMILES string of the molecule is CCOC(=O)[C@H](C)C[C@@H](Cc1ccc(-c2ccccc2)cc1)NC(=O)c1ccc(C(N)=O)s1. The Hall–Kier alpha value is -3.45. The van der Waals surface area contributed by atoms with E-state index in [0.29, 0.717) is 29.2 Å². The number of nitrogens with two attached hydrogens (primary N) is 1. The van der Waals surface area contributed by atoms with E-state index in [2.05, 4.69) is 29.6 Å². The largest absolute Gasteiger partial charge is 0.466 e. The minimum atomic E-state index is -0.565. The molecular formula is C26H28N2O4S. The predicted octanol–water partition coefficient (Wildman–Crippen LogP) is 4.44. The maximum Gasteiger partial charge on any atom is 0.308 e. The number of hydrogen-bond donors (Lipinski definition) is 2. The Labute approximate surface area is 197 Å². The van der Waals surface area contributed by atoms with Crippen LogP contribution in [0.2, 0.25) is 0 Å². The van der Waals surface area contributed by atoms with Gasteiger partial charge in [0.25, 0.3) is 11.8 Å². The van der Waals surface area contributed by atoms with Crippen LogP contribution in [0.1, 0.15) is 45.2 Å². The molecule has 0 aliphatic rings. The standard InChI is InChI=1S/C26H28N2O4S/c1-3-32-26(31)17(2)15-21(28-25(30)23-14-13-22(33-23)24(27)29)16-18-9-11-20(12-10-18)19-7-5-4-6-8-19/h4-14,17,21H,3,15-16H2,1-2H3,(H2,27,29)(H,28,30)/t17-,21+/m1/s1. The van der Waals surface area contributed by atoms with E-state index in [1.54, 1.807) is 26.0 Å². The molecule has 0 aliphatic heterocycles. The van der Waals surface area contributed by atoms with Gasteiger partial charge in [-0.15, -0.1) is 11.3 Å². The van der Waals surface area contributed by atoms with Crippen molar-refractivity contribution >= 4 is 29.1 Å². The topological polar surface area (TPSA) is 98.5 Å². The van der Waals surface area contributed by atoms with E-state index in [4.69, 9.17) is 10.5 Å². The van der Waals surface area contributed by atoms with Gasteiger partial charge in [-0.05, 0) is 48.6 Å². The summed E-state index contributed by atoms with van der Waals surface area (Å²) in [6.45, 7) is 3.88. The monoisotopic (exact) mass is 464 g/mol. The van der Waals surface area contributed by atoms with Crippen molar-refractivity contribution in [2.75, 3.05) is 6.61 Å². The summed E-state index contributed by atoms with van der Waals surface area (Å²) in [5.74, 6) is -1.52. The number of rotatable bonds is 10. The first-order valence-corrected chi connectivity index (χ1v) is 11.7. The van der Waals surface area contributed by atoms with Crippen molar-refractivity contribution in [2.24, 2.45) is 11.7 Å². The van der Waals surface area contributed by atoms with Crippen molar-refractivity contribution in [3.63, 3.8) is 0 Å². The van der Waals surface area contributed by atoms with Gasteiger partial charge in [-0.25, -0.2) is 0 Å². The number of thiophene rings is 1. The second-order valence-electron chi connectivity index (χ2n) is 7.85. The number of amides is 2. The third kappa shape index (κ3) is 6.76. The first-order chi connectivity index (χ1) is 15.9. The summed E-state index contributed by atoms with van der Waals surface area (Å²) in [6, 6.07) is 21.1. The maximum absolute atomic E-state index is 12.8. The number of nitrogens with one attached hydrogen (secondary N) is 1. The molecule has 33 heavy (non-hydrogen) atoms. The van der Waals surface area contributed by atoms with Crippen molar-refractivity contribution in [3.05, 3.63) is 82.0 Å². The molecule has 0 saturated heterocycles. The van der Waals surface area contributed by atoms with Gasteiger partial charge in [0.1, 0.15) is 0 Å². The van der Waals surface area contributed by atoms with Crippen molar-refractivity contribution in [1.29, 1.82) is 0 Å². The molecule has 3 rings (SSSR count). The lowest BCUT2D eigenvalue weighted by atomic mass is 9.95. The highest BCUT2D eigenvalue weighted by Gasteiger charge is 2.23. The minimum absolute atomic E-state index is 0.289. The molecule has 2 amide bonds. The molecule has 1 heterocycles. The van der Waals surface area contributed by atoms with Gasteiger partial charge in [0.05, 0.1) is 22.3 Å². The molecule has 172 valence electrons. The van der Waals surface area contributed by atoms with Gasteiger partial charge in [0.15, 0.2) is 0 Å². The number of hydrogen-bond acceptors (Lipinski definition) is 5. The summed E-state index contributed by atoms with van der Waals surface area (Å²) >= 11 is 1.05. The zero-order chi connectivity index (χ0) is 23.8. The molecule has 3 N–H and O–H groups in total. The lowest BCUT2D eigenvalue weighted by Gasteiger charge is -2.22. The van der Waals surface area contributed by atoms with Crippen LogP contribution in [-0.2, 0) is 16.0 Å². The molecule has 6 nitrogen and oxygen atoms in total. The lowest BCUT2D eigenvalue weighted by Crippen LogP contribution is -2.38. The summed E-state index contributed by atoms with van der Waals surface area (Å²) < 4.78 is 5.14. The predicted molar refractivity (Wildman–Crippen MR) is 130 cm³/mol.